The number of rotatable bonds is 9. The Labute approximate surface area is 155 Å². The number of nitrogens with two attached hydrogens (primary N) is 1. The molecule has 26 heavy (non-hydrogen) atoms. The number of carbonyl (C=O) groups is 1. The lowest BCUT2D eigenvalue weighted by atomic mass is 10.0. The summed E-state index contributed by atoms with van der Waals surface area (Å²) in [5, 5.41) is 2.89. The molecule has 1 aromatic carbocycles. The predicted octanol–water partition coefficient (Wildman–Crippen LogP) is 1.25. The van der Waals surface area contributed by atoms with Crippen molar-refractivity contribution in [3.63, 3.8) is 0 Å². The van der Waals surface area contributed by atoms with E-state index in [-0.39, 0.29) is 29.5 Å². The van der Waals surface area contributed by atoms with E-state index in [4.69, 9.17) is 10.5 Å². The first-order valence-corrected chi connectivity index (χ1v) is 10.5. The summed E-state index contributed by atoms with van der Waals surface area (Å²) >= 11 is 0. The molecule has 1 amide bonds. The van der Waals surface area contributed by atoms with Crippen molar-refractivity contribution in [2.45, 2.75) is 50.2 Å². The molecule has 1 heterocycles. The van der Waals surface area contributed by atoms with Crippen molar-refractivity contribution >= 4 is 15.9 Å². The number of carbonyl (C=O) groups excluding carboxylic acids is 1. The summed E-state index contributed by atoms with van der Waals surface area (Å²) in [6, 6.07) is 5.80. The molecule has 2 unspecified atom stereocenters. The van der Waals surface area contributed by atoms with Crippen LogP contribution >= 0.6 is 0 Å². The molecular weight excluding hydrogens is 354 g/mol. The Kier molecular flexibility index (Phi) is 7.57. The van der Waals surface area contributed by atoms with E-state index in [0.717, 1.165) is 19.3 Å². The molecule has 0 aliphatic carbocycles. The van der Waals surface area contributed by atoms with E-state index in [1.54, 1.807) is 0 Å². The Morgan fingerprint density at radius 2 is 2.00 bits per heavy atom. The van der Waals surface area contributed by atoms with Crippen LogP contribution in [0.1, 0.15) is 43.5 Å². The van der Waals surface area contributed by atoms with E-state index in [1.165, 1.54) is 24.3 Å². The van der Waals surface area contributed by atoms with Gasteiger partial charge in [0.25, 0.3) is 5.91 Å². The largest absolute Gasteiger partial charge is 0.377 e. The van der Waals surface area contributed by atoms with Gasteiger partial charge in [0.2, 0.25) is 10.0 Å². The van der Waals surface area contributed by atoms with Gasteiger partial charge in [-0.15, -0.1) is 0 Å². The molecule has 1 aromatic rings. The Bertz CT molecular complexity index is 683. The topological polar surface area (TPSA) is 111 Å². The second-order valence-electron chi connectivity index (χ2n) is 7.05. The molecule has 1 fully saturated rings. The third-order valence-corrected chi connectivity index (χ3v) is 5.77. The van der Waals surface area contributed by atoms with Gasteiger partial charge in [-0.3, -0.25) is 4.79 Å². The predicted molar refractivity (Wildman–Crippen MR) is 100 cm³/mol. The summed E-state index contributed by atoms with van der Waals surface area (Å²) in [7, 11) is -3.62. The lowest BCUT2D eigenvalue weighted by molar-refractivity contribution is 0.0933. The van der Waals surface area contributed by atoms with E-state index < -0.39 is 10.0 Å². The molecule has 0 bridgehead atoms. The summed E-state index contributed by atoms with van der Waals surface area (Å²) in [5.41, 5.74) is 6.11. The highest BCUT2D eigenvalue weighted by Gasteiger charge is 2.21. The molecule has 0 aromatic heterocycles. The van der Waals surface area contributed by atoms with E-state index in [9.17, 15) is 13.2 Å². The quantitative estimate of drug-likeness (QED) is 0.594. The molecule has 1 aliphatic rings. The molecular formula is C18H29N3O4S. The maximum atomic E-state index is 12.3. The van der Waals surface area contributed by atoms with E-state index >= 15 is 0 Å². The summed E-state index contributed by atoms with van der Waals surface area (Å²) in [6.07, 6.45) is 2.54. The zero-order chi connectivity index (χ0) is 19.2. The van der Waals surface area contributed by atoms with E-state index in [1.807, 2.05) is 0 Å². The van der Waals surface area contributed by atoms with E-state index in [0.29, 0.717) is 24.6 Å². The van der Waals surface area contributed by atoms with Crippen LogP contribution in [0.2, 0.25) is 0 Å². The molecule has 0 radical (unpaired) electrons. The molecule has 4 N–H and O–H groups in total. The van der Waals surface area contributed by atoms with Crippen LogP contribution in [0.15, 0.2) is 29.2 Å². The van der Waals surface area contributed by atoms with Gasteiger partial charge in [0.1, 0.15) is 0 Å². The van der Waals surface area contributed by atoms with Gasteiger partial charge in [0.15, 0.2) is 0 Å². The van der Waals surface area contributed by atoms with Crippen LogP contribution in [-0.4, -0.2) is 46.2 Å². The number of ether oxygens (including phenoxy) is 1. The molecule has 8 heteroatoms. The minimum absolute atomic E-state index is 0.0658. The standard InChI is InChI=1S/C18H29N3O4S/c1-13(2)10-15(11-19)21-18(22)14-5-7-17(8-6-14)26(23,24)20-12-16-4-3-9-25-16/h5-8,13,15-16,20H,3-4,9-12,19H2,1-2H3,(H,21,22). The summed E-state index contributed by atoms with van der Waals surface area (Å²) in [5.74, 6) is 0.170. The van der Waals surface area contributed by atoms with Crippen LogP contribution < -0.4 is 15.8 Å². The Hall–Kier alpha value is -1.48. The highest BCUT2D eigenvalue weighted by Crippen LogP contribution is 2.14. The monoisotopic (exact) mass is 383 g/mol. The first-order chi connectivity index (χ1) is 12.3. The first kappa shape index (κ1) is 20.8. The van der Waals surface area contributed by atoms with Gasteiger partial charge < -0.3 is 15.8 Å². The van der Waals surface area contributed by atoms with Crippen molar-refractivity contribution < 1.29 is 17.9 Å². The zero-order valence-corrected chi connectivity index (χ0v) is 16.2. The van der Waals surface area contributed by atoms with Crippen molar-refractivity contribution in [1.29, 1.82) is 0 Å². The van der Waals surface area contributed by atoms with Crippen molar-refractivity contribution in [1.82, 2.24) is 10.0 Å². The van der Waals surface area contributed by atoms with Gasteiger partial charge in [-0.1, -0.05) is 13.8 Å². The van der Waals surface area contributed by atoms with Crippen molar-refractivity contribution in [3.05, 3.63) is 29.8 Å². The summed E-state index contributed by atoms with van der Waals surface area (Å²) in [6.45, 7) is 5.44. The number of nitrogens with one attached hydrogen (secondary N) is 2. The van der Waals surface area contributed by atoms with Gasteiger partial charge in [0, 0.05) is 31.3 Å². The fourth-order valence-electron chi connectivity index (χ4n) is 2.93. The Morgan fingerprint density at radius 1 is 1.31 bits per heavy atom. The molecule has 0 saturated carbocycles. The van der Waals surface area contributed by atoms with Crippen LogP contribution in [0.5, 0.6) is 0 Å². The second kappa shape index (κ2) is 9.45. The summed E-state index contributed by atoms with van der Waals surface area (Å²) < 4.78 is 32.6. The van der Waals surface area contributed by atoms with Crippen LogP contribution in [0.3, 0.4) is 0 Å². The fraction of sp³-hybridized carbons (Fsp3) is 0.611. The van der Waals surface area contributed by atoms with Gasteiger partial charge in [-0.05, 0) is 49.4 Å². The van der Waals surface area contributed by atoms with Crippen LogP contribution in [0, 0.1) is 5.92 Å². The third kappa shape index (κ3) is 6.05. The normalized spacial score (nSPS) is 18.8. The lowest BCUT2D eigenvalue weighted by Crippen LogP contribution is -2.41. The number of amides is 1. The number of hydrogen-bond donors (Lipinski definition) is 3. The highest BCUT2D eigenvalue weighted by atomic mass is 32.2. The Balaban J connectivity index is 1.96. The second-order valence-corrected chi connectivity index (χ2v) is 8.81. The molecule has 2 atom stereocenters. The average molecular weight is 384 g/mol. The average Bonchev–Trinajstić information content (AvgIpc) is 3.12. The van der Waals surface area contributed by atoms with E-state index in [2.05, 4.69) is 23.9 Å². The number of hydrogen-bond acceptors (Lipinski definition) is 5. The molecule has 1 saturated heterocycles. The van der Waals surface area contributed by atoms with Gasteiger partial charge in [-0.2, -0.15) is 0 Å². The smallest absolute Gasteiger partial charge is 0.251 e. The maximum absolute atomic E-state index is 12.3. The van der Waals surface area contributed by atoms with Crippen LogP contribution in [-0.2, 0) is 14.8 Å². The van der Waals surface area contributed by atoms with Crippen LogP contribution in [0.25, 0.3) is 0 Å². The van der Waals surface area contributed by atoms with Gasteiger partial charge >= 0.3 is 0 Å². The maximum Gasteiger partial charge on any atom is 0.251 e. The minimum Gasteiger partial charge on any atom is -0.377 e. The highest BCUT2D eigenvalue weighted by molar-refractivity contribution is 7.89. The minimum atomic E-state index is -3.62. The molecule has 0 spiro atoms. The number of sulfonamides is 1. The molecule has 1 aliphatic heterocycles. The Morgan fingerprint density at radius 3 is 2.54 bits per heavy atom. The lowest BCUT2D eigenvalue weighted by Gasteiger charge is -2.19. The van der Waals surface area contributed by atoms with Crippen molar-refractivity contribution in [2.24, 2.45) is 11.7 Å². The van der Waals surface area contributed by atoms with Crippen molar-refractivity contribution in [2.75, 3.05) is 19.7 Å². The van der Waals surface area contributed by atoms with Gasteiger partial charge in [0.05, 0.1) is 11.0 Å². The fourth-order valence-corrected chi connectivity index (χ4v) is 3.99. The molecule has 2 rings (SSSR count). The molecule has 146 valence electrons. The number of benzene rings is 1. The van der Waals surface area contributed by atoms with Crippen molar-refractivity contribution in [3.8, 4) is 0 Å². The molecule has 7 nitrogen and oxygen atoms in total. The SMILES string of the molecule is CC(C)CC(CN)NC(=O)c1ccc(S(=O)(=O)NCC2CCCO2)cc1. The summed E-state index contributed by atoms with van der Waals surface area (Å²) in [4.78, 5) is 12.4. The van der Waals surface area contributed by atoms with Crippen LogP contribution in [0.4, 0.5) is 0 Å². The third-order valence-electron chi connectivity index (χ3n) is 4.33. The van der Waals surface area contributed by atoms with Gasteiger partial charge in [-0.25, -0.2) is 13.1 Å². The zero-order valence-electron chi connectivity index (χ0n) is 15.4. The first-order valence-electron chi connectivity index (χ1n) is 9.04.